The minimum Gasteiger partial charge on any atom is -0.362 e. The van der Waals surface area contributed by atoms with Gasteiger partial charge in [-0.05, 0) is 102 Å². The maximum Gasteiger partial charge on any atom is 0.265 e. The molecule has 2 aliphatic rings. The normalized spacial score (nSPS) is 21.5. The van der Waals surface area contributed by atoms with Crippen molar-refractivity contribution in [3.63, 3.8) is 0 Å². The Morgan fingerprint density at radius 3 is 2.71 bits per heavy atom. The van der Waals surface area contributed by atoms with E-state index in [2.05, 4.69) is 77.6 Å². The number of carbonyl (C=O) groups excluding carboxylic acids is 1. The van der Waals surface area contributed by atoms with Gasteiger partial charge in [-0.1, -0.05) is 26.8 Å². The van der Waals surface area contributed by atoms with Crippen LogP contribution in [0.4, 0.5) is 11.6 Å². The average molecular weight is 596 g/mol. The lowest BCUT2D eigenvalue weighted by Crippen LogP contribution is -2.40. The van der Waals surface area contributed by atoms with Gasteiger partial charge in [0.05, 0.1) is 17.3 Å². The number of hydrogen-bond donors (Lipinski definition) is 2. The number of amides is 1. The molecule has 200 valence electrons. The molecule has 2 atom stereocenters. The van der Waals surface area contributed by atoms with Gasteiger partial charge in [0.2, 0.25) is 0 Å². The zero-order chi connectivity index (χ0) is 27.1. The highest BCUT2D eigenvalue weighted by atomic mass is 79.9. The number of halogens is 1. The molecular weight excluding hydrogens is 560 g/mol. The molecule has 7 nitrogen and oxygen atoms in total. The van der Waals surface area contributed by atoms with Crippen molar-refractivity contribution < 1.29 is 4.79 Å². The van der Waals surface area contributed by atoms with E-state index in [9.17, 15) is 4.79 Å². The Morgan fingerprint density at radius 1 is 1.11 bits per heavy atom. The van der Waals surface area contributed by atoms with E-state index >= 15 is 0 Å². The van der Waals surface area contributed by atoms with E-state index < -0.39 is 0 Å². The third-order valence-electron chi connectivity index (χ3n) is 7.46. The summed E-state index contributed by atoms with van der Waals surface area (Å²) in [6.45, 7) is 12.0. The second-order valence-electron chi connectivity index (χ2n) is 11.9. The van der Waals surface area contributed by atoms with E-state index in [1.165, 1.54) is 17.5 Å². The number of hydrogen-bond acceptors (Lipinski definition) is 7. The van der Waals surface area contributed by atoms with Gasteiger partial charge in [-0.3, -0.25) is 14.5 Å². The number of fused-ring (bicyclic) bond motifs is 6. The summed E-state index contributed by atoms with van der Waals surface area (Å²) in [6, 6.07) is 13.9. The summed E-state index contributed by atoms with van der Waals surface area (Å²) in [5.41, 5.74) is 2.77. The van der Waals surface area contributed by atoms with Gasteiger partial charge in [0.15, 0.2) is 0 Å². The van der Waals surface area contributed by atoms with E-state index in [0.29, 0.717) is 16.5 Å². The molecule has 0 saturated carbocycles. The zero-order valence-electron chi connectivity index (χ0n) is 22.6. The van der Waals surface area contributed by atoms with E-state index in [1.54, 1.807) is 0 Å². The van der Waals surface area contributed by atoms with Gasteiger partial charge in [-0.25, -0.2) is 9.97 Å². The summed E-state index contributed by atoms with van der Waals surface area (Å²) in [6.07, 6.45) is 4.88. The van der Waals surface area contributed by atoms with Crippen molar-refractivity contribution in [2.45, 2.75) is 75.9 Å². The second-order valence-corrected chi connectivity index (χ2v) is 13.5. The topological polar surface area (TPSA) is 83.0 Å². The third-order valence-corrected chi connectivity index (χ3v) is 8.63. The van der Waals surface area contributed by atoms with Crippen LogP contribution in [0.15, 0.2) is 58.3 Å². The molecule has 1 fully saturated rings. The molecule has 5 heterocycles. The van der Waals surface area contributed by atoms with Crippen LogP contribution in [-0.4, -0.2) is 32.9 Å². The highest BCUT2D eigenvalue weighted by Gasteiger charge is 2.41. The lowest BCUT2D eigenvalue weighted by Gasteiger charge is -2.33. The molecule has 3 aromatic rings. The summed E-state index contributed by atoms with van der Waals surface area (Å²) in [5, 5.41) is 4.38. The fraction of sp³-hybridized carbons (Fsp3) is 0.448. The molecular formula is C29H35BrN6OS. The lowest BCUT2D eigenvalue weighted by atomic mass is 9.86. The fourth-order valence-electron chi connectivity index (χ4n) is 5.45. The van der Waals surface area contributed by atoms with Crippen LogP contribution in [0.1, 0.15) is 81.5 Å². The Labute approximate surface area is 237 Å². The Balaban J connectivity index is 1.54. The number of anilines is 2. The molecule has 2 N–H and O–H groups in total. The van der Waals surface area contributed by atoms with Crippen molar-refractivity contribution in [1.82, 2.24) is 19.7 Å². The van der Waals surface area contributed by atoms with Gasteiger partial charge in [0.1, 0.15) is 21.3 Å². The second kappa shape index (κ2) is 10.5. The van der Waals surface area contributed by atoms with E-state index in [-0.39, 0.29) is 22.9 Å². The maximum absolute atomic E-state index is 13.3. The van der Waals surface area contributed by atoms with Crippen molar-refractivity contribution in [1.29, 1.82) is 0 Å². The number of carbonyl (C=O) groups is 1. The minimum atomic E-state index is -0.180. The average Bonchev–Trinajstić information content (AvgIpc) is 3.18. The van der Waals surface area contributed by atoms with Crippen molar-refractivity contribution >= 4 is 45.4 Å². The zero-order valence-corrected chi connectivity index (χ0v) is 25.0. The molecule has 4 bridgehead atoms. The van der Waals surface area contributed by atoms with Crippen molar-refractivity contribution in [2.75, 3.05) is 16.8 Å². The number of pyridine rings is 3. The molecule has 2 unspecified atom stereocenters. The first-order chi connectivity index (χ1) is 18.0. The van der Waals surface area contributed by atoms with Crippen LogP contribution in [0.3, 0.4) is 0 Å². The van der Waals surface area contributed by atoms with Gasteiger partial charge >= 0.3 is 0 Å². The fourth-order valence-corrected chi connectivity index (χ4v) is 6.35. The van der Waals surface area contributed by atoms with Crippen molar-refractivity contribution in [3.8, 4) is 0 Å². The number of nitrogens with one attached hydrogen (secondary N) is 2. The molecule has 0 spiro atoms. The first kappa shape index (κ1) is 26.9. The summed E-state index contributed by atoms with van der Waals surface area (Å²) in [7, 11) is 0. The Morgan fingerprint density at radius 2 is 1.92 bits per heavy atom. The van der Waals surface area contributed by atoms with Crippen LogP contribution in [0.5, 0.6) is 0 Å². The predicted octanol–water partition coefficient (Wildman–Crippen LogP) is 6.92. The van der Waals surface area contributed by atoms with Crippen LogP contribution >= 0.6 is 27.9 Å². The lowest BCUT2D eigenvalue weighted by molar-refractivity contribution is 0.0984. The molecule has 9 heteroatoms. The van der Waals surface area contributed by atoms with E-state index in [1.807, 2.05) is 36.5 Å². The SMILES string of the molecule is CC(C)(C)c1ccnc(C2CCC3CN(c4nc(Br)ccc4C(=O)NSc4cccc(n4)N2)C(C)(C)C3)c1. The van der Waals surface area contributed by atoms with Gasteiger partial charge in [-0.15, -0.1) is 0 Å². The number of aromatic nitrogens is 3. The van der Waals surface area contributed by atoms with E-state index in [4.69, 9.17) is 15.0 Å². The number of rotatable bonds is 1. The molecule has 0 aliphatic carbocycles. The van der Waals surface area contributed by atoms with Crippen LogP contribution in [0.25, 0.3) is 0 Å². The first-order valence-electron chi connectivity index (χ1n) is 13.1. The standard InChI is InChI=1S/C29H35BrN6OS/c1-28(2,3)19-13-14-31-22(15-19)21-11-9-18-16-29(4,5)36(17-18)26-20(10-12-23(30)33-26)27(37)35-38-25-8-6-7-24(32-21)34-25/h6-8,10,12-15,18,21H,9,11,16-17H2,1-5H3,(H,32,34)(H,35,37). The Hall–Kier alpha value is -2.65. The summed E-state index contributed by atoms with van der Waals surface area (Å²) in [5.74, 6) is 1.76. The highest BCUT2D eigenvalue weighted by Crippen LogP contribution is 2.41. The largest absolute Gasteiger partial charge is 0.362 e. The van der Waals surface area contributed by atoms with Gasteiger partial charge in [-0.2, -0.15) is 0 Å². The number of nitrogens with zero attached hydrogens (tertiary/aromatic N) is 4. The van der Waals surface area contributed by atoms with Gasteiger partial charge in [0, 0.05) is 30.2 Å². The molecule has 38 heavy (non-hydrogen) atoms. The van der Waals surface area contributed by atoms with Gasteiger partial charge in [0.25, 0.3) is 5.91 Å². The van der Waals surface area contributed by atoms with Crippen LogP contribution < -0.4 is 14.9 Å². The molecule has 5 rings (SSSR count). The Kier molecular flexibility index (Phi) is 7.44. The molecule has 1 amide bonds. The van der Waals surface area contributed by atoms with Crippen molar-refractivity contribution in [3.05, 3.63) is 70.1 Å². The third kappa shape index (κ3) is 5.83. The molecule has 3 aromatic heterocycles. The van der Waals surface area contributed by atoms with E-state index in [0.717, 1.165) is 47.7 Å². The molecule has 1 saturated heterocycles. The molecule has 2 aliphatic heterocycles. The quantitative estimate of drug-likeness (QED) is 0.233. The molecule has 0 radical (unpaired) electrons. The monoisotopic (exact) mass is 594 g/mol. The first-order valence-corrected chi connectivity index (χ1v) is 14.7. The minimum absolute atomic E-state index is 0.0153. The maximum atomic E-state index is 13.3. The van der Waals surface area contributed by atoms with Crippen LogP contribution in [0, 0.1) is 5.92 Å². The molecule has 0 aromatic carbocycles. The summed E-state index contributed by atoms with van der Waals surface area (Å²) >= 11 is 4.74. The van der Waals surface area contributed by atoms with Crippen LogP contribution in [-0.2, 0) is 5.41 Å². The predicted molar refractivity (Wildman–Crippen MR) is 158 cm³/mol. The van der Waals surface area contributed by atoms with Crippen molar-refractivity contribution in [2.24, 2.45) is 5.92 Å². The smallest absolute Gasteiger partial charge is 0.265 e. The Bertz CT molecular complexity index is 1340. The van der Waals surface area contributed by atoms with Crippen LogP contribution in [0.2, 0.25) is 0 Å². The summed E-state index contributed by atoms with van der Waals surface area (Å²) in [4.78, 5) is 30.0. The highest BCUT2D eigenvalue weighted by molar-refractivity contribution is 9.10. The summed E-state index contributed by atoms with van der Waals surface area (Å²) < 4.78 is 3.70. The van der Waals surface area contributed by atoms with Gasteiger partial charge < -0.3 is 10.2 Å².